The van der Waals surface area contributed by atoms with Gasteiger partial charge in [0.15, 0.2) is 17.0 Å². The van der Waals surface area contributed by atoms with E-state index in [1.165, 1.54) is 12.3 Å². The number of hydrogen-bond acceptors (Lipinski definition) is 4. The molecule has 1 atom stereocenters. The minimum atomic E-state index is -1.36. The summed E-state index contributed by atoms with van der Waals surface area (Å²) in [7, 11) is 1.54. The number of carboxylic acids is 1. The monoisotopic (exact) mass is 407 g/mol. The highest BCUT2D eigenvalue weighted by Crippen LogP contribution is 2.41. The number of carbonyl (C=O) groups is 1. The van der Waals surface area contributed by atoms with E-state index in [-0.39, 0.29) is 35.6 Å². The zero-order valence-corrected chi connectivity index (χ0v) is 16.5. The molecule has 0 radical (unpaired) electrons. The van der Waals surface area contributed by atoms with E-state index in [2.05, 4.69) is 0 Å². The number of halogens is 2. The molecule has 6 nitrogen and oxygen atoms in total. The van der Waals surface area contributed by atoms with Crippen LogP contribution in [0.2, 0.25) is 0 Å². The molecule has 2 aromatic rings. The summed E-state index contributed by atoms with van der Waals surface area (Å²) >= 11 is 0. The normalized spacial score (nSPS) is 15.2. The number of aromatic carboxylic acids is 1. The first-order valence-electron chi connectivity index (χ1n) is 9.38. The van der Waals surface area contributed by atoms with Crippen molar-refractivity contribution in [1.29, 1.82) is 0 Å². The van der Waals surface area contributed by atoms with Gasteiger partial charge in [-0.3, -0.25) is 4.79 Å². The fourth-order valence-corrected chi connectivity index (χ4v) is 3.65. The second-order valence-electron chi connectivity index (χ2n) is 7.40. The number of nitrogens with zero attached hydrogens (tertiary/aromatic N) is 1. The summed E-state index contributed by atoms with van der Waals surface area (Å²) in [5, 5.41) is 9.27. The minimum absolute atomic E-state index is 0.0299. The molecule has 29 heavy (non-hydrogen) atoms. The van der Waals surface area contributed by atoms with Crippen LogP contribution in [-0.2, 0) is 11.2 Å². The molecule has 1 N–H and O–H groups in total. The third-order valence-electron chi connectivity index (χ3n) is 5.13. The molecule has 0 bridgehead atoms. The zero-order chi connectivity index (χ0) is 21.3. The highest BCUT2D eigenvalue weighted by Gasteiger charge is 2.32. The topological polar surface area (TPSA) is 77.8 Å². The lowest BCUT2D eigenvalue weighted by atomic mass is 9.86. The van der Waals surface area contributed by atoms with Crippen molar-refractivity contribution in [1.82, 2.24) is 4.57 Å². The molecule has 1 aliphatic heterocycles. The van der Waals surface area contributed by atoms with E-state index in [1.807, 2.05) is 13.8 Å². The molecule has 2 heterocycles. The lowest BCUT2D eigenvalue weighted by Crippen LogP contribution is -2.29. The van der Waals surface area contributed by atoms with Gasteiger partial charge >= 0.3 is 5.97 Å². The molecule has 1 aromatic carbocycles. The quantitative estimate of drug-likeness (QED) is 0.709. The first-order valence-corrected chi connectivity index (χ1v) is 9.38. The minimum Gasteiger partial charge on any atom is -0.490 e. The average molecular weight is 407 g/mol. The van der Waals surface area contributed by atoms with Crippen molar-refractivity contribution in [3.63, 3.8) is 0 Å². The third-order valence-corrected chi connectivity index (χ3v) is 5.13. The van der Waals surface area contributed by atoms with Crippen molar-refractivity contribution < 1.29 is 28.2 Å². The molecule has 0 aliphatic carbocycles. The number of fused-ring (bicyclic) bond motifs is 3. The number of benzene rings is 1. The second kappa shape index (κ2) is 8.32. The van der Waals surface area contributed by atoms with Crippen LogP contribution in [0.4, 0.5) is 8.78 Å². The van der Waals surface area contributed by atoms with Crippen LogP contribution in [0.3, 0.4) is 0 Å². The molecule has 0 saturated heterocycles. The van der Waals surface area contributed by atoms with Crippen molar-refractivity contribution in [2.45, 2.75) is 32.7 Å². The summed E-state index contributed by atoms with van der Waals surface area (Å²) in [5.41, 5.74) is -0.493. The fraction of sp³-hybridized carbons (Fsp3) is 0.429. The second-order valence-corrected chi connectivity index (χ2v) is 7.40. The number of aromatic nitrogens is 1. The van der Waals surface area contributed by atoms with Crippen molar-refractivity contribution in [2.24, 2.45) is 5.92 Å². The molecular weight excluding hydrogens is 384 g/mol. The van der Waals surface area contributed by atoms with Crippen LogP contribution in [0.1, 0.15) is 42.2 Å². The van der Waals surface area contributed by atoms with Crippen molar-refractivity contribution in [3.05, 3.63) is 51.3 Å². The summed E-state index contributed by atoms with van der Waals surface area (Å²) < 4.78 is 41.5. The van der Waals surface area contributed by atoms with Gasteiger partial charge in [0.1, 0.15) is 5.56 Å². The van der Waals surface area contributed by atoms with Crippen LogP contribution in [0, 0.1) is 17.6 Å². The van der Waals surface area contributed by atoms with Gasteiger partial charge in [0.05, 0.1) is 12.3 Å². The molecule has 0 saturated carbocycles. The smallest absolute Gasteiger partial charge is 0.341 e. The Hall–Kier alpha value is -2.74. The maximum Gasteiger partial charge on any atom is 0.341 e. The van der Waals surface area contributed by atoms with Crippen molar-refractivity contribution in [2.75, 3.05) is 20.3 Å². The predicted molar refractivity (Wildman–Crippen MR) is 103 cm³/mol. The summed E-state index contributed by atoms with van der Waals surface area (Å²) in [6.07, 6.45) is 2.10. The van der Waals surface area contributed by atoms with Crippen LogP contribution in [0.15, 0.2) is 23.1 Å². The largest absolute Gasteiger partial charge is 0.490 e. The van der Waals surface area contributed by atoms with Crippen LogP contribution in [-0.4, -0.2) is 36.0 Å². The summed E-state index contributed by atoms with van der Waals surface area (Å²) in [6.45, 7) is 4.50. The maximum atomic E-state index is 15.0. The Morgan fingerprint density at radius 1 is 1.28 bits per heavy atom. The Balaban J connectivity index is 2.14. The van der Waals surface area contributed by atoms with Crippen LogP contribution in [0.25, 0.3) is 11.3 Å². The van der Waals surface area contributed by atoms with Crippen LogP contribution in [0.5, 0.6) is 5.75 Å². The van der Waals surface area contributed by atoms with E-state index in [9.17, 15) is 19.1 Å². The predicted octanol–water partition coefficient (Wildman–Crippen LogP) is 3.66. The first-order chi connectivity index (χ1) is 13.8. The SMILES string of the molecule is COCCCOc1cc2c(c(F)c1F)-c1cc(=O)c(C(=O)O)cn1[C@@H](C(C)C)C2. The summed E-state index contributed by atoms with van der Waals surface area (Å²) in [6, 6.07) is 2.32. The van der Waals surface area contributed by atoms with Gasteiger partial charge in [-0.1, -0.05) is 13.8 Å². The van der Waals surface area contributed by atoms with Gasteiger partial charge in [-0.15, -0.1) is 0 Å². The third kappa shape index (κ3) is 3.89. The lowest BCUT2D eigenvalue weighted by molar-refractivity contribution is 0.0694. The van der Waals surface area contributed by atoms with E-state index in [0.29, 0.717) is 25.0 Å². The molecule has 0 amide bonds. The van der Waals surface area contributed by atoms with Crippen molar-refractivity contribution in [3.8, 4) is 17.0 Å². The molecular formula is C21H23F2NO5. The maximum absolute atomic E-state index is 15.0. The van der Waals surface area contributed by atoms with Gasteiger partial charge in [-0.2, -0.15) is 4.39 Å². The van der Waals surface area contributed by atoms with Crippen LogP contribution >= 0.6 is 0 Å². The Morgan fingerprint density at radius 2 is 2.00 bits per heavy atom. The molecule has 1 aromatic heterocycles. The van der Waals surface area contributed by atoms with E-state index in [1.54, 1.807) is 11.7 Å². The number of carboxylic acid groups (broad SMARTS) is 1. The molecule has 0 spiro atoms. The molecule has 156 valence electrons. The average Bonchev–Trinajstić information content (AvgIpc) is 2.66. The van der Waals surface area contributed by atoms with Gasteiger partial charge in [0, 0.05) is 44.0 Å². The van der Waals surface area contributed by atoms with Gasteiger partial charge in [-0.05, 0) is 24.0 Å². The fourth-order valence-electron chi connectivity index (χ4n) is 3.65. The van der Waals surface area contributed by atoms with E-state index < -0.39 is 28.6 Å². The summed E-state index contributed by atoms with van der Waals surface area (Å²) in [4.78, 5) is 23.6. The van der Waals surface area contributed by atoms with Gasteiger partial charge < -0.3 is 19.1 Å². The Kier molecular flexibility index (Phi) is 6.02. The van der Waals surface area contributed by atoms with Gasteiger partial charge in [0.25, 0.3) is 0 Å². The zero-order valence-electron chi connectivity index (χ0n) is 16.5. The highest BCUT2D eigenvalue weighted by molar-refractivity contribution is 5.87. The van der Waals surface area contributed by atoms with Crippen molar-refractivity contribution >= 4 is 5.97 Å². The standard InChI is InChI=1S/C21H23F2NO5/c1-11(2)14-7-12-8-17(29-6-4-5-28-3)19(22)20(23)18(12)15-9-16(25)13(21(26)27)10-24(14)15/h8-11,14H,4-7H2,1-3H3,(H,26,27)/t14-/m1/s1. The van der Waals surface area contributed by atoms with Gasteiger partial charge in [0.2, 0.25) is 5.82 Å². The van der Waals surface area contributed by atoms with Gasteiger partial charge in [-0.25, -0.2) is 9.18 Å². The van der Waals surface area contributed by atoms with E-state index >= 15 is 4.39 Å². The Morgan fingerprint density at radius 3 is 2.62 bits per heavy atom. The Bertz CT molecular complexity index is 1000. The van der Waals surface area contributed by atoms with E-state index in [4.69, 9.17) is 9.47 Å². The molecule has 8 heteroatoms. The van der Waals surface area contributed by atoms with E-state index in [0.717, 1.165) is 6.07 Å². The number of hydrogen-bond donors (Lipinski definition) is 1. The highest BCUT2D eigenvalue weighted by atomic mass is 19.2. The number of pyridine rings is 1. The molecule has 0 fully saturated rings. The van der Waals surface area contributed by atoms with Crippen LogP contribution < -0.4 is 10.2 Å². The number of rotatable bonds is 7. The molecule has 1 aliphatic rings. The Labute approximate surface area is 166 Å². The first kappa shape index (κ1) is 21.0. The molecule has 3 rings (SSSR count). The number of methoxy groups -OCH3 is 1. The molecule has 0 unspecified atom stereocenters. The lowest BCUT2D eigenvalue weighted by Gasteiger charge is -2.33. The summed E-state index contributed by atoms with van der Waals surface area (Å²) in [5.74, 6) is -3.72. The number of ether oxygens (including phenoxy) is 2.